The first kappa shape index (κ1) is 14.5. The lowest BCUT2D eigenvalue weighted by Crippen LogP contribution is -2.22. The molecular weight excluding hydrogens is 260 g/mol. The highest BCUT2D eigenvalue weighted by molar-refractivity contribution is 5.29. The highest BCUT2D eigenvalue weighted by Crippen LogP contribution is 2.22. The Hall–Kier alpha value is -1.94. The fraction of sp³-hybridized carbons (Fsp3) is 0.250. The maximum absolute atomic E-state index is 13.2. The second kappa shape index (κ2) is 6.01. The SMILES string of the molecule is CC(NC(C)c1ccc(F)c(F)c1)c1cccc(O)c1. The van der Waals surface area contributed by atoms with Crippen molar-refractivity contribution in [3.05, 3.63) is 65.2 Å². The van der Waals surface area contributed by atoms with E-state index in [4.69, 9.17) is 0 Å². The van der Waals surface area contributed by atoms with Gasteiger partial charge in [-0.15, -0.1) is 0 Å². The van der Waals surface area contributed by atoms with Crippen LogP contribution in [-0.2, 0) is 0 Å². The molecule has 0 amide bonds. The number of aromatic hydroxyl groups is 1. The van der Waals surface area contributed by atoms with E-state index < -0.39 is 11.6 Å². The topological polar surface area (TPSA) is 32.3 Å². The predicted octanol–water partition coefficient (Wildman–Crippen LogP) is 4.08. The van der Waals surface area contributed by atoms with E-state index in [0.717, 1.165) is 11.6 Å². The molecule has 2 atom stereocenters. The lowest BCUT2D eigenvalue weighted by Gasteiger charge is -2.21. The molecule has 2 N–H and O–H groups in total. The summed E-state index contributed by atoms with van der Waals surface area (Å²) >= 11 is 0. The molecule has 0 aromatic heterocycles. The number of hydrogen-bond donors (Lipinski definition) is 2. The second-order valence-electron chi connectivity index (χ2n) is 4.88. The van der Waals surface area contributed by atoms with Crippen LogP contribution in [0.4, 0.5) is 8.78 Å². The molecule has 0 bridgehead atoms. The van der Waals surface area contributed by atoms with Crippen LogP contribution >= 0.6 is 0 Å². The molecule has 0 radical (unpaired) electrons. The van der Waals surface area contributed by atoms with E-state index >= 15 is 0 Å². The molecule has 20 heavy (non-hydrogen) atoms. The first-order valence-electron chi connectivity index (χ1n) is 6.47. The van der Waals surface area contributed by atoms with Gasteiger partial charge in [-0.3, -0.25) is 0 Å². The molecule has 2 unspecified atom stereocenters. The zero-order chi connectivity index (χ0) is 14.7. The normalized spacial score (nSPS) is 14.0. The molecule has 2 nitrogen and oxygen atoms in total. The van der Waals surface area contributed by atoms with Crippen LogP contribution in [0.2, 0.25) is 0 Å². The van der Waals surface area contributed by atoms with Gasteiger partial charge in [0.15, 0.2) is 11.6 Å². The Labute approximate surface area is 117 Å². The number of halogens is 2. The average Bonchev–Trinajstić information content (AvgIpc) is 2.41. The third kappa shape index (κ3) is 3.33. The fourth-order valence-electron chi connectivity index (χ4n) is 2.14. The number of phenolic OH excluding ortho intramolecular Hbond substituents is 1. The van der Waals surface area contributed by atoms with Gasteiger partial charge in [0.2, 0.25) is 0 Å². The summed E-state index contributed by atoms with van der Waals surface area (Å²) in [5.41, 5.74) is 1.61. The number of nitrogens with one attached hydrogen (secondary N) is 1. The van der Waals surface area contributed by atoms with Crippen LogP contribution in [0.15, 0.2) is 42.5 Å². The standard InChI is InChI=1S/C16H17F2NO/c1-10(12-4-3-5-14(20)8-12)19-11(2)13-6-7-15(17)16(18)9-13/h3-11,19-20H,1-2H3. The molecule has 0 aliphatic heterocycles. The van der Waals surface area contributed by atoms with E-state index in [9.17, 15) is 13.9 Å². The Balaban J connectivity index is 2.10. The Morgan fingerprint density at radius 1 is 0.900 bits per heavy atom. The first-order valence-corrected chi connectivity index (χ1v) is 6.47. The van der Waals surface area contributed by atoms with Crippen molar-refractivity contribution in [2.75, 3.05) is 0 Å². The van der Waals surface area contributed by atoms with Crippen LogP contribution in [0.1, 0.15) is 37.1 Å². The van der Waals surface area contributed by atoms with Crippen molar-refractivity contribution in [2.45, 2.75) is 25.9 Å². The van der Waals surface area contributed by atoms with E-state index in [0.29, 0.717) is 5.56 Å². The molecule has 0 spiro atoms. The van der Waals surface area contributed by atoms with Crippen LogP contribution in [-0.4, -0.2) is 5.11 Å². The van der Waals surface area contributed by atoms with Crippen molar-refractivity contribution < 1.29 is 13.9 Å². The molecule has 2 aromatic carbocycles. The van der Waals surface area contributed by atoms with E-state index in [2.05, 4.69) is 5.32 Å². The quantitative estimate of drug-likeness (QED) is 0.882. The summed E-state index contributed by atoms with van der Waals surface area (Å²) in [4.78, 5) is 0. The second-order valence-corrected chi connectivity index (χ2v) is 4.88. The highest BCUT2D eigenvalue weighted by Gasteiger charge is 2.13. The van der Waals surface area contributed by atoms with Crippen molar-refractivity contribution >= 4 is 0 Å². The van der Waals surface area contributed by atoms with Crippen molar-refractivity contribution in [1.82, 2.24) is 5.32 Å². The van der Waals surface area contributed by atoms with Gasteiger partial charge in [-0.25, -0.2) is 8.78 Å². The van der Waals surface area contributed by atoms with Gasteiger partial charge in [0, 0.05) is 12.1 Å². The minimum absolute atomic E-state index is 0.0229. The van der Waals surface area contributed by atoms with E-state index in [-0.39, 0.29) is 17.8 Å². The molecule has 2 aromatic rings. The third-order valence-corrected chi connectivity index (χ3v) is 3.31. The fourth-order valence-corrected chi connectivity index (χ4v) is 2.14. The summed E-state index contributed by atoms with van der Waals surface area (Å²) in [5, 5.41) is 12.7. The molecule has 2 rings (SSSR count). The molecule has 4 heteroatoms. The van der Waals surface area contributed by atoms with Crippen molar-refractivity contribution in [3.63, 3.8) is 0 Å². The Morgan fingerprint density at radius 2 is 1.55 bits per heavy atom. The van der Waals surface area contributed by atoms with Gasteiger partial charge in [0.25, 0.3) is 0 Å². The van der Waals surface area contributed by atoms with E-state index in [1.165, 1.54) is 6.07 Å². The monoisotopic (exact) mass is 277 g/mol. The summed E-state index contributed by atoms with van der Waals surface area (Å²) in [6, 6.07) is 10.7. The minimum atomic E-state index is -0.846. The molecule has 0 heterocycles. The van der Waals surface area contributed by atoms with Crippen LogP contribution in [0.5, 0.6) is 5.75 Å². The first-order chi connectivity index (χ1) is 9.47. The molecule has 0 saturated heterocycles. The number of phenols is 1. The van der Waals surface area contributed by atoms with E-state index in [1.807, 2.05) is 19.9 Å². The van der Waals surface area contributed by atoms with E-state index in [1.54, 1.807) is 24.3 Å². The molecule has 0 fully saturated rings. The smallest absolute Gasteiger partial charge is 0.159 e. The van der Waals surface area contributed by atoms with Gasteiger partial charge in [-0.05, 0) is 49.2 Å². The summed E-state index contributed by atoms with van der Waals surface area (Å²) < 4.78 is 26.1. The predicted molar refractivity (Wildman–Crippen MR) is 74.4 cm³/mol. The van der Waals surface area contributed by atoms with Crippen molar-refractivity contribution in [1.29, 1.82) is 0 Å². The van der Waals surface area contributed by atoms with Gasteiger partial charge in [0.1, 0.15) is 5.75 Å². The van der Waals surface area contributed by atoms with Gasteiger partial charge in [0.05, 0.1) is 0 Å². The third-order valence-electron chi connectivity index (χ3n) is 3.31. The summed E-state index contributed by atoms with van der Waals surface area (Å²) in [6.45, 7) is 3.83. The molecule has 0 aliphatic carbocycles. The Morgan fingerprint density at radius 3 is 2.15 bits per heavy atom. The summed E-state index contributed by atoms with van der Waals surface area (Å²) in [6.07, 6.45) is 0. The van der Waals surface area contributed by atoms with Crippen LogP contribution in [0, 0.1) is 11.6 Å². The molecular formula is C16H17F2NO. The molecule has 106 valence electrons. The van der Waals surface area contributed by atoms with Gasteiger partial charge < -0.3 is 10.4 Å². The average molecular weight is 277 g/mol. The highest BCUT2D eigenvalue weighted by atomic mass is 19.2. The lowest BCUT2D eigenvalue weighted by atomic mass is 10.0. The van der Waals surface area contributed by atoms with Gasteiger partial charge in [-0.2, -0.15) is 0 Å². The maximum atomic E-state index is 13.2. The van der Waals surface area contributed by atoms with Crippen LogP contribution in [0.25, 0.3) is 0 Å². The Bertz CT molecular complexity index is 601. The van der Waals surface area contributed by atoms with Crippen LogP contribution < -0.4 is 5.32 Å². The van der Waals surface area contributed by atoms with Crippen molar-refractivity contribution in [2.24, 2.45) is 0 Å². The molecule has 0 aliphatic rings. The zero-order valence-corrected chi connectivity index (χ0v) is 11.4. The van der Waals surface area contributed by atoms with Crippen LogP contribution in [0.3, 0.4) is 0 Å². The number of rotatable bonds is 4. The maximum Gasteiger partial charge on any atom is 0.159 e. The molecule has 0 saturated carbocycles. The lowest BCUT2D eigenvalue weighted by molar-refractivity contribution is 0.464. The largest absolute Gasteiger partial charge is 0.508 e. The summed E-state index contributed by atoms with van der Waals surface area (Å²) in [5.74, 6) is -1.49. The zero-order valence-electron chi connectivity index (χ0n) is 11.4. The minimum Gasteiger partial charge on any atom is -0.508 e. The number of benzene rings is 2. The Kier molecular flexibility index (Phi) is 4.35. The summed E-state index contributed by atoms with van der Waals surface area (Å²) in [7, 11) is 0. The van der Waals surface area contributed by atoms with Gasteiger partial charge >= 0.3 is 0 Å². The van der Waals surface area contributed by atoms with Crippen molar-refractivity contribution in [3.8, 4) is 5.75 Å². The number of hydrogen-bond acceptors (Lipinski definition) is 2. The van der Waals surface area contributed by atoms with Gasteiger partial charge in [-0.1, -0.05) is 18.2 Å².